The summed E-state index contributed by atoms with van der Waals surface area (Å²) in [6.07, 6.45) is 2.59. The third-order valence-electron chi connectivity index (χ3n) is 3.95. The van der Waals surface area contributed by atoms with E-state index in [4.69, 9.17) is 0 Å². The molecule has 118 valence electrons. The van der Waals surface area contributed by atoms with Crippen LogP contribution in [0.5, 0.6) is 0 Å². The summed E-state index contributed by atoms with van der Waals surface area (Å²) in [6.45, 7) is 9.80. The molecule has 0 bridgehead atoms. The average Bonchev–Trinajstić information content (AvgIpc) is 2.44. The van der Waals surface area contributed by atoms with Crippen molar-refractivity contribution in [1.82, 2.24) is 14.9 Å². The molecule has 1 atom stereocenters. The molecule has 21 heavy (non-hydrogen) atoms. The number of hydrogen-bond acceptors (Lipinski definition) is 5. The van der Waals surface area contributed by atoms with Crippen LogP contribution >= 0.6 is 0 Å². The van der Waals surface area contributed by atoms with Gasteiger partial charge >= 0.3 is 0 Å². The van der Waals surface area contributed by atoms with Crippen LogP contribution < -0.4 is 10.6 Å². The van der Waals surface area contributed by atoms with Crippen molar-refractivity contribution in [2.75, 3.05) is 44.4 Å². The van der Waals surface area contributed by atoms with Gasteiger partial charge in [0.15, 0.2) is 0 Å². The Kier molecular flexibility index (Phi) is 5.04. The number of piperidine rings is 1. The van der Waals surface area contributed by atoms with Crippen molar-refractivity contribution in [1.29, 1.82) is 0 Å². The largest absolute Gasteiger partial charge is 0.373 e. The molecule has 1 aliphatic rings. The Balaban J connectivity index is 2.05. The number of rotatable bonds is 4. The van der Waals surface area contributed by atoms with Crippen molar-refractivity contribution >= 4 is 11.6 Å². The van der Waals surface area contributed by atoms with Gasteiger partial charge in [-0.2, -0.15) is 0 Å². The van der Waals surface area contributed by atoms with Crippen molar-refractivity contribution in [2.45, 2.75) is 39.0 Å². The van der Waals surface area contributed by atoms with Gasteiger partial charge in [0.2, 0.25) is 0 Å². The van der Waals surface area contributed by atoms with Crippen molar-refractivity contribution in [3.05, 3.63) is 11.9 Å². The summed E-state index contributed by atoms with van der Waals surface area (Å²) in [5.41, 5.74) is -0.0473. The summed E-state index contributed by atoms with van der Waals surface area (Å²) in [4.78, 5) is 11.7. The average molecular weight is 291 g/mol. The molecule has 2 rings (SSSR count). The summed E-state index contributed by atoms with van der Waals surface area (Å²) in [7, 11) is 4.10. The highest BCUT2D eigenvalue weighted by atomic mass is 15.1. The minimum Gasteiger partial charge on any atom is -0.373 e. The standard InChI is InChI=1S/C16H29N5/c1-16(2,3)15-19-13(17-4)9-14(20-15)18-10-12-7-6-8-21(5)11-12/h9,12H,6-8,10-11H2,1-5H3,(H2,17,18,19,20). The van der Waals surface area contributed by atoms with Crippen molar-refractivity contribution in [2.24, 2.45) is 5.92 Å². The fourth-order valence-corrected chi connectivity index (χ4v) is 2.69. The molecular formula is C16H29N5. The van der Waals surface area contributed by atoms with Crippen LogP contribution in [0.15, 0.2) is 6.07 Å². The van der Waals surface area contributed by atoms with Gasteiger partial charge in [-0.1, -0.05) is 20.8 Å². The van der Waals surface area contributed by atoms with E-state index in [9.17, 15) is 0 Å². The molecule has 2 heterocycles. The lowest BCUT2D eigenvalue weighted by atomic mass is 9.95. The lowest BCUT2D eigenvalue weighted by Gasteiger charge is -2.30. The highest BCUT2D eigenvalue weighted by Gasteiger charge is 2.20. The van der Waals surface area contributed by atoms with Gasteiger partial charge in [0.1, 0.15) is 17.5 Å². The molecule has 5 heteroatoms. The second kappa shape index (κ2) is 6.60. The first kappa shape index (κ1) is 16.0. The molecule has 0 aliphatic carbocycles. The van der Waals surface area contributed by atoms with Crippen LogP contribution in [0.1, 0.15) is 39.4 Å². The molecule has 1 fully saturated rings. The predicted octanol–water partition coefficient (Wildman–Crippen LogP) is 2.57. The molecule has 0 aromatic carbocycles. The molecule has 0 amide bonds. The summed E-state index contributed by atoms with van der Waals surface area (Å²) < 4.78 is 0. The third-order valence-corrected chi connectivity index (χ3v) is 3.95. The Morgan fingerprint density at radius 1 is 1.29 bits per heavy atom. The fraction of sp³-hybridized carbons (Fsp3) is 0.750. The molecule has 2 N–H and O–H groups in total. The molecule has 5 nitrogen and oxygen atoms in total. The SMILES string of the molecule is CNc1cc(NCC2CCCN(C)C2)nc(C(C)(C)C)n1. The van der Waals surface area contributed by atoms with E-state index >= 15 is 0 Å². The lowest BCUT2D eigenvalue weighted by Crippen LogP contribution is -2.35. The lowest BCUT2D eigenvalue weighted by molar-refractivity contribution is 0.217. The van der Waals surface area contributed by atoms with E-state index in [0.717, 1.165) is 24.0 Å². The van der Waals surface area contributed by atoms with Gasteiger partial charge in [-0.15, -0.1) is 0 Å². The van der Waals surface area contributed by atoms with E-state index in [1.54, 1.807) is 0 Å². The molecular weight excluding hydrogens is 262 g/mol. The number of anilines is 2. The van der Waals surface area contributed by atoms with Gasteiger partial charge in [0.25, 0.3) is 0 Å². The first-order valence-electron chi connectivity index (χ1n) is 7.88. The second-order valence-corrected chi connectivity index (χ2v) is 7.11. The topological polar surface area (TPSA) is 53.1 Å². The maximum atomic E-state index is 4.68. The zero-order valence-electron chi connectivity index (χ0n) is 14.0. The Morgan fingerprint density at radius 3 is 2.62 bits per heavy atom. The molecule has 1 aliphatic heterocycles. The van der Waals surface area contributed by atoms with Gasteiger partial charge in [-0.3, -0.25) is 0 Å². The van der Waals surface area contributed by atoms with Crippen LogP contribution in [-0.4, -0.2) is 48.6 Å². The Morgan fingerprint density at radius 2 is 2.00 bits per heavy atom. The monoisotopic (exact) mass is 291 g/mol. The van der Waals surface area contributed by atoms with Crippen molar-refractivity contribution in [3.63, 3.8) is 0 Å². The molecule has 1 saturated heterocycles. The van der Waals surface area contributed by atoms with E-state index in [2.05, 4.69) is 53.3 Å². The molecule has 1 aromatic rings. The highest BCUT2D eigenvalue weighted by molar-refractivity contribution is 5.47. The van der Waals surface area contributed by atoms with Crippen LogP contribution in [0.25, 0.3) is 0 Å². The molecule has 0 saturated carbocycles. The minimum atomic E-state index is -0.0473. The first-order chi connectivity index (χ1) is 9.88. The van der Waals surface area contributed by atoms with Crippen LogP contribution in [0.3, 0.4) is 0 Å². The summed E-state index contributed by atoms with van der Waals surface area (Å²) in [5.74, 6) is 3.37. The molecule has 0 radical (unpaired) electrons. The maximum Gasteiger partial charge on any atom is 0.138 e. The van der Waals surface area contributed by atoms with E-state index in [-0.39, 0.29) is 5.41 Å². The molecule has 1 unspecified atom stereocenters. The van der Waals surface area contributed by atoms with Crippen LogP contribution in [0, 0.1) is 5.92 Å². The van der Waals surface area contributed by atoms with Crippen molar-refractivity contribution in [3.8, 4) is 0 Å². The van der Waals surface area contributed by atoms with E-state index in [0.29, 0.717) is 5.92 Å². The predicted molar refractivity (Wildman–Crippen MR) is 89.0 cm³/mol. The quantitative estimate of drug-likeness (QED) is 0.893. The fourth-order valence-electron chi connectivity index (χ4n) is 2.69. The zero-order chi connectivity index (χ0) is 15.5. The van der Waals surface area contributed by atoms with Crippen molar-refractivity contribution < 1.29 is 0 Å². The number of aromatic nitrogens is 2. The van der Waals surface area contributed by atoms with Gasteiger partial charge in [-0.05, 0) is 32.4 Å². The van der Waals surface area contributed by atoms with Gasteiger partial charge in [0, 0.05) is 31.6 Å². The summed E-state index contributed by atoms with van der Waals surface area (Å²) >= 11 is 0. The number of hydrogen-bond donors (Lipinski definition) is 2. The zero-order valence-corrected chi connectivity index (χ0v) is 14.0. The normalized spacial score (nSPS) is 20.3. The molecule has 1 aromatic heterocycles. The van der Waals surface area contributed by atoms with Gasteiger partial charge in [0.05, 0.1) is 0 Å². The number of nitrogens with one attached hydrogen (secondary N) is 2. The number of nitrogens with zero attached hydrogens (tertiary/aromatic N) is 3. The van der Waals surface area contributed by atoms with Crippen LogP contribution in [-0.2, 0) is 5.41 Å². The second-order valence-electron chi connectivity index (χ2n) is 7.11. The van der Waals surface area contributed by atoms with Gasteiger partial charge in [-0.25, -0.2) is 9.97 Å². The van der Waals surface area contributed by atoms with Crippen LogP contribution in [0.2, 0.25) is 0 Å². The Labute approximate surface area is 128 Å². The Hall–Kier alpha value is -1.36. The Bertz CT molecular complexity index is 466. The van der Waals surface area contributed by atoms with E-state index < -0.39 is 0 Å². The molecule has 0 spiro atoms. The van der Waals surface area contributed by atoms with E-state index in [1.807, 2.05) is 13.1 Å². The smallest absolute Gasteiger partial charge is 0.138 e. The van der Waals surface area contributed by atoms with E-state index in [1.165, 1.54) is 25.9 Å². The maximum absolute atomic E-state index is 4.68. The third kappa shape index (κ3) is 4.56. The first-order valence-corrected chi connectivity index (χ1v) is 7.88. The minimum absolute atomic E-state index is 0.0473. The van der Waals surface area contributed by atoms with Crippen LogP contribution in [0.4, 0.5) is 11.6 Å². The van der Waals surface area contributed by atoms with Gasteiger partial charge < -0.3 is 15.5 Å². The highest BCUT2D eigenvalue weighted by Crippen LogP contribution is 2.23. The summed E-state index contributed by atoms with van der Waals surface area (Å²) in [6, 6.07) is 1.99. The number of likely N-dealkylation sites (tertiary alicyclic amines) is 1. The summed E-state index contributed by atoms with van der Waals surface area (Å²) in [5, 5.41) is 6.63.